The molecule has 0 aromatic heterocycles. The van der Waals surface area contributed by atoms with Gasteiger partial charge in [-0.2, -0.15) is 0 Å². The first-order valence-corrected chi connectivity index (χ1v) is 7.51. The molecule has 0 aliphatic heterocycles. The molecule has 1 saturated carbocycles. The molecule has 1 N–H and O–H groups in total. The second kappa shape index (κ2) is 7.38. The van der Waals surface area contributed by atoms with E-state index in [1.165, 1.54) is 58.2 Å². The molecule has 1 aliphatic rings. The standard InChI is InChI=1S/C15H32N2/c1-5-7-11-17(4)13-15(3,10-6-2)12-16-14-8-9-14/h14,16H,5-13H2,1-4H3. The van der Waals surface area contributed by atoms with Gasteiger partial charge in [-0.15, -0.1) is 0 Å². The smallest absolute Gasteiger partial charge is 0.00684 e. The molecule has 0 spiro atoms. The van der Waals surface area contributed by atoms with Gasteiger partial charge in [0.15, 0.2) is 0 Å². The lowest BCUT2D eigenvalue weighted by molar-refractivity contribution is 0.171. The molecule has 0 heterocycles. The fourth-order valence-corrected chi connectivity index (χ4v) is 2.66. The maximum atomic E-state index is 3.72. The van der Waals surface area contributed by atoms with Crippen LogP contribution in [-0.2, 0) is 0 Å². The fourth-order valence-electron chi connectivity index (χ4n) is 2.66. The van der Waals surface area contributed by atoms with Crippen molar-refractivity contribution in [3.05, 3.63) is 0 Å². The number of nitrogens with zero attached hydrogens (tertiary/aromatic N) is 1. The molecule has 2 nitrogen and oxygen atoms in total. The van der Waals surface area contributed by atoms with E-state index in [0.717, 1.165) is 6.04 Å². The van der Waals surface area contributed by atoms with Crippen molar-refractivity contribution in [1.82, 2.24) is 10.2 Å². The number of hydrogen-bond acceptors (Lipinski definition) is 2. The first-order valence-electron chi connectivity index (χ1n) is 7.51. The zero-order valence-corrected chi connectivity index (χ0v) is 12.4. The summed E-state index contributed by atoms with van der Waals surface area (Å²) >= 11 is 0. The maximum absolute atomic E-state index is 3.72. The van der Waals surface area contributed by atoms with Crippen molar-refractivity contribution in [2.24, 2.45) is 5.41 Å². The van der Waals surface area contributed by atoms with Gasteiger partial charge in [0.25, 0.3) is 0 Å². The highest BCUT2D eigenvalue weighted by molar-refractivity contribution is 4.86. The summed E-state index contributed by atoms with van der Waals surface area (Å²) < 4.78 is 0. The van der Waals surface area contributed by atoms with E-state index in [-0.39, 0.29) is 0 Å². The van der Waals surface area contributed by atoms with E-state index in [1.807, 2.05) is 0 Å². The molecule has 0 radical (unpaired) electrons. The Balaban J connectivity index is 2.32. The maximum Gasteiger partial charge on any atom is 0.00684 e. The Morgan fingerprint density at radius 2 is 1.94 bits per heavy atom. The molecule has 0 aromatic carbocycles. The second-order valence-corrected chi connectivity index (χ2v) is 6.31. The van der Waals surface area contributed by atoms with Gasteiger partial charge >= 0.3 is 0 Å². The van der Waals surface area contributed by atoms with Crippen molar-refractivity contribution >= 4 is 0 Å². The van der Waals surface area contributed by atoms with Gasteiger partial charge in [0, 0.05) is 19.1 Å². The first-order chi connectivity index (χ1) is 8.09. The Bertz CT molecular complexity index is 201. The summed E-state index contributed by atoms with van der Waals surface area (Å²) in [5.41, 5.74) is 0.458. The van der Waals surface area contributed by atoms with Crippen LogP contribution in [0.25, 0.3) is 0 Å². The number of unbranched alkanes of at least 4 members (excludes halogenated alkanes) is 1. The highest BCUT2D eigenvalue weighted by Gasteiger charge is 2.28. The Morgan fingerprint density at radius 3 is 2.47 bits per heavy atom. The topological polar surface area (TPSA) is 15.3 Å². The molecule has 0 aromatic rings. The van der Waals surface area contributed by atoms with Crippen LogP contribution in [0, 0.1) is 5.41 Å². The SMILES string of the molecule is CCCCN(C)CC(C)(CCC)CNC1CC1. The van der Waals surface area contributed by atoms with E-state index in [1.54, 1.807) is 0 Å². The summed E-state index contributed by atoms with van der Waals surface area (Å²) in [4.78, 5) is 2.52. The van der Waals surface area contributed by atoms with Crippen LogP contribution in [0.4, 0.5) is 0 Å². The zero-order valence-electron chi connectivity index (χ0n) is 12.4. The predicted molar refractivity (Wildman–Crippen MR) is 76.4 cm³/mol. The summed E-state index contributed by atoms with van der Waals surface area (Å²) in [7, 11) is 2.28. The molecule has 1 atom stereocenters. The van der Waals surface area contributed by atoms with Crippen LogP contribution >= 0.6 is 0 Å². The molecule has 102 valence electrons. The minimum Gasteiger partial charge on any atom is -0.313 e. The van der Waals surface area contributed by atoms with Crippen molar-refractivity contribution in [3.8, 4) is 0 Å². The minimum absolute atomic E-state index is 0.458. The van der Waals surface area contributed by atoms with Crippen molar-refractivity contribution in [2.45, 2.75) is 65.3 Å². The number of hydrogen-bond donors (Lipinski definition) is 1. The lowest BCUT2D eigenvalue weighted by Crippen LogP contribution is -2.41. The van der Waals surface area contributed by atoms with Gasteiger partial charge in [0.1, 0.15) is 0 Å². The molecule has 2 heteroatoms. The van der Waals surface area contributed by atoms with Gasteiger partial charge in [-0.25, -0.2) is 0 Å². The quantitative estimate of drug-likeness (QED) is 0.630. The lowest BCUT2D eigenvalue weighted by atomic mass is 9.84. The van der Waals surface area contributed by atoms with Crippen LogP contribution in [0.2, 0.25) is 0 Å². The highest BCUT2D eigenvalue weighted by Crippen LogP contribution is 2.26. The third kappa shape index (κ3) is 6.42. The van der Waals surface area contributed by atoms with E-state index < -0.39 is 0 Å². The summed E-state index contributed by atoms with van der Waals surface area (Å²) in [5.74, 6) is 0. The Hall–Kier alpha value is -0.0800. The third-order valence-electron chi connectivity index (χ3n) is 3.79. The van der Waals surface area contributed by atoms with Crippen LogP contribution in [0.1, 0.15) is 59.3 Å². The van der Waals surface area contributed by atoms with E-state index in [0.29, 0.717) is 5.41 Å². The van der Waals surface area contributed by atoms with Gasteiger partial charge in [0.2, 0.25) is 0 Å². The fraction of sp³-hybridized carbons (Fsp3) is 1.00. The van der Waals surface area contributed by atoms with Gasteiger partial charge in [0.05, 0.1) is 0 Å². The van der Waals surface area contributed by atoms with E-state index in [4.69, 9.17) is 0 Å². The third-order valence-corrected chi connectivity index (χ3v) is 3.79. The average Bonchev–Trinajstić information content (AvgIpc) is 3.08. The van der Waals surface area contributed by atoms with Gasteiger partial charge in [-0.3, -0.25) is 0 Å². The largest absolute Gasteiger partial charge is 0.313 e. The summed E-state index contributed by atoms with van der Waals surface area (Å²) in [5, 5.41) is 3.72. The van der Waals surface area contributed by atoms with Crippen LogP contribution < -0.4 is 5.32 Å². The molecule has 1 aliphatic carbocycles. The summed E-state index contributed by atoms with van der Waals surface area (Å²) in [6.07, 6.45) is 8.05. The molecular formula is C15H32N2. The van der Waals surface area contributed by atoms with E-state index >= 15 is 0 Å². The van der Waals surface area contributed by atoms with Gasteiger partial charge in [-0.1, -0.05) is 33.6 Å². The predicted octanol–water partition coefficient (Wildman–Crippen LogP) is 3.28. The molecule has 0 amide bonds. The average molecular weight is 240 g/mol. The Labute approximate surface area is 108 Å². The van der Waals surface area contributed by atoms with Gasteiger partial charge < -0.3 is 10.2 Å². The molecule has 1 rings (SSSR count). The van der Waals surface area contributed by atoms with Crippen molar-refractivity contribution in [1.29, 1.82) is 0 Å². The Morgan fingerprint density at radius 1 is 1.24 bits per heavy atom. The van der Waals surface area contributed by atoms with Crippen molar-refractivity contribution < 1.29 is 0 Å². The minimum atomic E-state index is 0.458. The molecule has 0 bridgehead atoms. The van der Waals surface area contributed by atoms with Crippen LogP contribution in [-0.4, -0.2) is 37.6 Å². The number of rotatable bonds is 10. The van der Waals surface area contributed by atoms with Crippen LogP contribution in [0.3, 0.4) is 0 Å². The molecular weight excluding hydrogens is 208 g/mol. The normalized spacial score (nSPS) is 19.6. The number of nitrogens with one attached hydrogen (secondary N) is 1. The zero-order chi connectivity index (χ0) is 12.7. The van der Waals surface area contributed by atoms with E-state index in [2.05, 4.69) is 38.0 Å². The summed E-state index contributed by atoms with van der Waals surface area (Å²) in [6, 6.07) is 0.840. The highest BCUT2D eigenvalue weighted by atomic mass is 15.1. The van der Waals surface area contributed by atoms with Crippen molar-refractivity contribution in [2.75, 3.05) is 26.7 Å². The molecule has 17 heavy (non-hydrogen) atoms. The van der Waals surface area contributed by atoms with E-state index in [9.17, 15) is 0 Å². The van der Waals surface area contributed by atoms with Gasteiger partial charge in [-0.05, 0) is 44.7 Å². The lowest BCUT2D eigenvalue weighted by Gasteiger charge is -2.34. The molecule has 0 saturated heterocycles. The Kier molecular flexibility index (Phi) is 6.50. The summed E-state index contributed by atoms with van der Waals surface area (Å²) in [6.45, 7) is 10.7. The van der Waals surface area contributed by atoms with Crippen molar-refractivity contribution in [3.63, 3.8) is 0 Å². The first kappa shape index (κ1) is 15.0. The monoisotopic (exact) mass is 240 g/mol. The van der Waals surface area contributed by atoms with Crippen LogP contribution in [0.15, 0.2) is 0 Å². The van der Waals surface area contributed by atoms with Crippen LogP contribution in [0.5, 0.6) is 0 Å². The molecule has 1 unspecified atom stereocenters. The molecule has 1 fully saturated rings. The second-order valence-electron chi connectivity index (χ2n) is 6.31.